The van der Waals surface area contributed by atoms with Crippen molar-refractivity contribution in [3.8, 4) is 0 Å². The number of esters is 2. The molecule has 0 spiro atoms. The summed E-state index contributed by atoms with van der Waals surface area (Å²) in [5.41, 5.74) is 0. The molecule has 0 heterocycles. The Kier molecular flexibility index (Phi) is 45.7. The maximum absolute atomic E-state index is 12.6. The van der Waals surface area contributed by atoms with Crippen molar-refractivity contribution in [3.63, 3.8) is 0 Å². The third kappa shape index (κ3) is 46.5. The van der Waals surface area contributed by atoms with E-state index in [9.17, 15) is 24.2 Å². The Morgan fingerprint density at radius 2 is 0.820 bits per heavy atom. The molecule has 0 aromatic rings. The molecule has 0 saturated heterocycles. The van der Waals surface area contributed by atoms with Crippen LogP contribution in [0.4, 0.5) is 0 Å². The molecule has 0 aliphatic heterocycles. The Hall–Kier alpha value is -1.29. The lowest BCUT2D eigenvalue weighted by Gasteiger charge is -2.20. The number of carbonyl (C=O) groups excluding carboxylic acids is 2. The van der Waals surface area contributed by atoms with Gasteiger partial charge in [-0.05, 0) is 32.1 Å². The average Bonchev–Trinajstić information content (AvgIpc) is 3.25. The van der Waals surface area contributed by atoms with Gasteiger partial charge in [-0.15, -0.1) is 0 Å². The zero-order valence-electron chi connectivity index (χ0n) is 39.7. The number of carbonyl (C=O) groups is 2. The summed E-state index contributed by atoms with van der Waals surface area (Å²) in [7, 11) is -4.62. The fourth-order valence-corrected chi connectivity index (χ4v) is 8.24. The smallest absolute Gasteiger partial charge is 0.462 e. The van der Waals surface area contributed by atoms with E-state index < -0.39 is 51.8 Å². The highest BCUT2D eigenvalue weighted by Crippen LogP contribution is 2.43. The van der Waals surface area contributed by atoms with Gasteiger partial charge in [-0.1, -0.05) is 225 Å². The summed E-state index contributed by atoms with van der Waals surface area (Å²) in [6.07, 6.45) is 47.6. The van der Waals surface area contributed by atoms with E-state index in [4.69, 9.17) is 23.6 Å². The molecular formula is C50H97O10P. The molecule has 3 atom stereocenters. The summed E-state index contributed by atoms with van der Waals surface area (Å²) in [6.45, 7) is 2.40. The Labute approximate surface area is 375 Å². The maximum Gasteiger partial charge on any atom is 0.472 e. The molecule has 0 aromatic heterocycles. The van der Waals surface area contributed by atoms with Crippen molar-refractivity contribution in [2.45, 2.75) is 270 Å². The summed E-state index contributed by atoms with van der Waals surface area (Å²) in [5.74, 6) is -0.911. The third-order valence-electron chi connectivity index (χ3n) is 11.4. The van der Waals surface area contributed by atoms with E-state index in [1.54, 1.807) is 0 Å². The molecule has 0 amide bonds. The molecule has 0 fully saturated rings. The van der Waals surface area contributed by atoms with E-state index in [0.29, 0.717) is 12.8 Å². The second kappa shape index (κ2) is 46.7. The van der Waals surface area contributed by atoms with Crippen molar-refractivity contribution in [3.05, 3.63) is 12.2 Å². The Morgan fingerprint density at radius 1 is 0.475 bits per heavy atom. The molecule has 0 saturated carbocycles. The first-order chi connectivity index (χ1) is 29.7. The molecule has 3 N–H and O–H groups in total. The summed E-state index contributed by atoms with van der Waals surface area (Å²) in [6, 6.07) is 0. The molecule has 10 nitrogen and oxygen atoms in total. The van der Waals surface area contributed by atoms with Crippen molar-refractivity contribution in [2.24, 2.45) is 0 Å². The number of rotatable bonds is 49. The number of ether oxygens (including phenoxy) is 2. The van der Waals surface area contributed by atoms with Gasteiger partial charge in [0.15, 0.2) is 6.10 Å². The Morgan fingerprint density at radius 3 is 1.23 bits per heavy atom. The van der Waals surface area contributed by atoms with Crippen LogP contribution < -0.4 is 0 Å². The number of hydrogen-bond acceptors (Lipinski definition) is 9. The van der Waals surface area contributed by atoms with Gasteiger partial charge in [-0.25, -0.2) is 4.57 Å². The van der Waals surface area contributed by atoms with Crippen LogP contribution in [0.1, 0.15) is 258 Å². The first-order valence-corrected chi connectivity index (χ1v) is 27.1. The topological polar surface area (TPSA) is 149 Å². The van der Waals surface area contributed by atoms with E-state index in [1.807, 2.05) is 0 Å². The van der Waals surface area contributed by atoms with Gasteiger partial charge in [0, 0.05) is 12.8 Å². The minimum Gasteiger partial charge on any atom is -0.462 e. The highest BCUT2D eigenvalue weighted by atomic mass is 31.2. The molecule has 0 aliphatic carbocycles. The predicted octanol–water partition coefficient (Wildman–Crippen LogP) is 14.3. The van der Waals surface area contributed by atoms with Crippen molar-refractivity contribution in [1.29, 1.82) is 0 Å². The van der Waals surface area contributed by atoms with Crippen LogP contribution in [-0.4, -0.2) is 65.7 Å². The number of aliphatic hydroxyl groups excluding tert-OH is 2. The average molecular weight is 889 g/mol. The largest absolute Gasteiger partial charge is 0.472 e. The van der Waals surface area contributed by atoms with Gasteiger partial charge in [0.05, 0.1) is 19.8 Å². The first-order valence-electron chi connectivity index (χ1n) is 25.6. The van der Waals surface area contributed by atoms with E-state index in [1.165, 1.54) is 186 Å². The number of allylic oxidation sites excluding steroid dienone is 2. The minimum atomic E-state index is -4.62. The number of phosphoric acid groups is 1. The summed E-state index contributed by atoms with van der Waals surface area (Å²) in [5, 5.41) is 18.4. The molecule has 1 unspecified atom stereocenters. The normalized spacial score (nSPS) is 13.7. The molecule has 0 aliphatic rings. The molecule has 0 aromatic carbocycles. The fraction of sp³-hybridized carbons (Fsp3) is 0.920. The van der Waals surface area contributed by atoms with Gasteiger partial charge in [-0.2, -0.15) is 0 Å². The Bertz CT molecular complexity index is 1020. The van der Waals surface area contributed by atoms with Gasteiger partial charge in [0.2, 0.25) is 0 Å². The number of hydrogen-bond donors (Lipinski definition) is 3. The predicted molar refractivity (Wildman–Crippen MR) is 252 cm³/mol. The van der Waals surface area contributed by atoms with Gasteiger partial charge in [0.1, 0.15) is 12.7 Å². The fourth-order valence-electron chi connectivity index (χ4n) is 7.45. The third-order valence-corrected chi connectivity index (χ3v) is 12.4. The molecule has 11 heteroatoms. The SMILES string of the molecule is CCCC/C=C/CCCCCCCCCCCC(=O)O[C@@H](COC(=O)CCCCCCCCCCCCCCCCCCCCCCCCC)COP(=O)(O)OC[C@H](O)CO. The Balaban J connectivity index is 4.09. The highest BCUT2D eigenvalue weighted by molar-refractivity contribution is 7.47. The van der Waals surface area contributed by atoms with E-state index in [0.717, 1.165) is 32.1 Å². The van der Waals surface area contributed by atoms with Crippen LogP contribution in [0.3, 0.4) is 0 Å². The van der Waals surface area contributed by atoms with Crippen LogP contribution in [0, 0.1) is 0 Å². The van der Waals surface area contributed by atoms with Crippen LogP contribution in [0.25, 0.3) is 0 Å². The van der Waals surface area contributed by atoms with Gasteiger partial charge >= 0.3 is 19.8 Å². The van der Waals surface area contributed by atoms with Crippen LogP contribution in [0.15, 0.2) is 12.2 Å². The van der Waals surface area contributed by atoms with Crippen molar-refractivity contribution >= 4 is 19.8 Å². The van der Waals surface area contributed by atoms with Crippen molar-refractivity contribution in [1.82, 2.24) is 0 Å². The number of unbranched alkanes of at least 4 members (excludes halogenated alkanes) is 33. The zero-order valence-corrected chi connectivity index (χ0v) is 40.5. The van der Waals surface area contributed by atoms with Crippen LogP contribution in [-0.2, 0) is 32.7 Å². The number of aliphatic hydroxyl groups is 2. The molecule has 362 valence electrons. The summed E-state index contributed by atoms with van der Waals surface area (Å²) in [4.78, 5) is 35.1. The second-order valence-electron chi connectivity index (χ2n) is 17.6. The quantitative estimate of drug-likeness (QED) is 0.0233. The van der Waals surface area contributed by atoms with Crippen LogP contribution >= 0.6 is 7.82 Å². The van der Waals surface area contributed by atoms with Crippen molar-refractivity contribution in [2.75, 3.05) is 26.4 Å². The van der Waals surface area contributed by atoms with Gasteiger partial charge < -0.3 is 24.6 Å². The minimum absolute atomic E-state index is 0.186. The molecular weight excluding hydrogens is 792 g/mol. The lowest BCUT2D eigenvalue weighted by molar-refractivity contribution is -0.161. The molecule has 61 heavy (non-hydrogen) atoms. The molecule has 0 bridgehead atoms. The summed E-state index contributed by atoms with van der Waals surface area (Å²) >= 11 is 0. The van der Waals surface area contributed by atoms with E-state index in [-0.39, 0.29) is 19.4 Å². The van der Waals surface area contributed by atoms with Gasteiger partial charge in [0.25, 0.3) is 0 Å². The van der Waals surface area contributed by atoms with Crippen LogP contribution in [0.2, 0.25) is 0 Å². The van der Waals surface area contributed by atoms with Crippen molar-refractivity contribution < 1.29 is 47.8 Å². The maximum atomic E-state index is 12.6. The van der Waals surface area contributed by atoms with Crippen LogP contribution in [0.5, 0.6) is 0 Å². The van der Waals surface area contributed by atoms with E-state index >= 15 is 0 Å². The summed E-state index contributed by atoms with van der Waals surface area (Å²) < 4.78 is 32.9. The lowest BCUT2D eigenvalue weighted by atomic mass is 10.0. The lowest BCUT2D eigenvalue weighted by Crippen LogP contribution is -2.29. The van der Waals surface area contributed by atoms with E-state index in [2.05, 4.69) is 26.0 Å². The zero-order chi connectivity index (χ0) is 44.8. The molecule has 0 radical (unpaired) electrons. The monoisotopic (exact) mass is 889 g/mol. The first kappa shape index (κ1) is 59.7. The van der Waals surface area contributed by atoms with Gasteiger partial charge in [-0.3, -0.25) is 18.6 Å². The number of phosphoric ester groups is 1. The molecule has 0 rings (SSSR count). The second-order valence-corrected chi connectivity index (χ2v) is 19.0. The standard InChI is InChI=1S/C50H97O10P/c1-3-5-7-9-11-13-15-17-19-20-21-22-23-24-25-26-28-29-31-33-35-37-39-41-49(53)57-45-48(46-59-61(55,56)58-44-47(52)43-51)60-50(54)42-40-38-36-34-32-30-27-18-16-14-12-10-8-6-4-2/h10,12,47-48,51-52H,3-9,11,13-46H2,1-2H3,(H,55,56)/b12-10+/t47-,48+/m1/s1. The highest BCUT2D eigenvalue weighted by Gasteiger charge is 2.27.